The molecule has 2 fully saturated rings. The largest absolute Gasteiger partial charge is 0.342 e. The van der Waals surface area contributed by atoms with Crippen LogP contribution in [0.4, 0.5) is 0 Å². The van der Waals surface area contributed by atoms with Crippen molar-refractivity contribution in [3.63, 3.8) is 0 Å². The highest BCUT2D eigenvalue weighted by molar-refractivity contribution is 5.89. The van der Waals surface area contributed by atoms with Gasteiger partial charge in [-0.25, -0.2) is 0 Å². The first-order valence-corrected chi connectivity index (χ1v) is 7.75. The fourth-order valence-corrected chi connectivity index (χ4v) is 3.20. The monoisotopic (exact) mass is 286 g/mol. The number of aryl methyl sites for hydroxylation is 1. The van der Waals surface area contributed by atoms with Crippen LogP contribution in [0.25, 0.3) is 0 Å². The molecule has 2 aliphatic heterocycles. The molecule has 4 nitrogen and oxygen atoms in total. The molecule has 2 aliphatic rings. The standard InChI is InChI=1S/C17H22N2O2/c1-13-4-6-14(7-5-13)11-19-12-15(10-16(19)20)17(21)18-8-2-3-9-18/h4-7,15H,2-3,8-12H2,1H3. The topological polar surface area (TPSA) is 40.6 Å². The van der Waals surface area contributed by atoms with Gasteiger partial charge in [0, 0.05) is 32.6 Å². The fraction of sp³-hybridized carbons (Fsp3) is 0.529. The van der Waals surface area contributed by atoms with Crippen LogP contribution in [0.3, 0.4) is 0 Å². The molecule has 1 atom stereocenters. The first kappa shape index (κ1) is 14.1. The van der Waals surface area contributed by atoms with Gasteiger partial charge in [0.2, 0.25) is 11.8 Å². The highest BCUT2D eigenvalue weighted by atomic mass is 16.2. The number of hydrogen-bond acceptors (Lipinski definition) is 2. The minimum Gasteiger partial charge on any atom is -0.342 e. The second kappa shape index (κ2) is 5.88. The molecule has 2 heterocycles. The SMILES string of the molecule is Cc1ccc(CN2CC(C(=O)N3CCCC3)CC2=O)cc1. The molecule has 0 radical (unpaired) electrons. The van der Waals surface area contributed by atoms with Gasteiger partial charge in [-0.3, -0.25) is 9.59 Å². The fourth-order valence-electron chi connectivity index (χ4n) is 3.20. The summed E-state index contributed by atoms with van der Waals surface area (Å²) in [7, 11) is 0. The second-order valence-corrected chi connectivity index (χ2v) is 6.19. The van der Waals surface area contributed by atoms with Gasteiger partial charge in [-0.1, -0.05) is 29.8 Å². The normalized spacial score (nSPS) is 22.1. The molecule has 0 aliphatic carbocycles. The van der Waals surface area contributed by atoms with Gasteiger partial charge in [-0.2, -0.15) is 0 Å². The first-order chi connectivity index (χ1) is 10.1. The Kier molecular flexibility index (Phi) is 3.95. The number of carbonyl (C=O) groups excluding carboxylic acids is 2. The van der Waals surface area contributed by atoms with Crippen molar-refractivity contribution >= 4 is 11.8 Å². The maximum absolute atomic E-state index is 12.4. The van der Waals surface area contributed by atoms with Crippen LogP contribution in [0, 0.1) is 12.8 Å². The molecule has 0 N–H and O–H groups in total. The Morgan fingerprint density at radius 3 is 2.52 bits per heavy atom. The van der Waals surface area contributed by atoms with Crippen molar-refractivity contribution in [2.45, 2.75) is 32.7 Å². The van der Waals surface area contributed by atoms with Crippen molar-refractivity contribution < 1.29 is 9.59 Å². The number of carbonyl (C=O) groups is 2. The van der Waals surface area contributed by atoms with Crippen molar-refractivity contribution in [1.82, 2.24) is 9.80 Å². The minimum atomic E-state index is -0.138. The quantitative estimate of drug-likeness (QED) is 0.852. The number of rotatable bonds is 3. The number of benzene rings is 1. The maximum atomic E-state index is 12.4. The van der Waals surface area contributed by atoms with E-state index in [1.54, 1.807) is 0 Å². The molecule has 1 unspecified atom stereocenters. The Balaban J connectivity index is 1.61. The molecule has 1 aromatic rings. The summed E-state index contributed by atoms with van der Waals surface area (Å²) >= 11 is 0. The summed E-state index contributed by atoms with van der Waals surface area (Å²) < 4.78 is 0. The minimum absolute atomic E-state index is 0.105. The van der Waals surface area contributed by atoms with Crippen LogP contribution in [0.2, 0.25) is 0 Å². The number of amides is 2. The molecule has 112 valence electrons. The molecule has 21 heavy (non-hydrogen) atoms. The van der Waals surface area contributed by atoms with Crippen LogP contribution in [0.15, 0.2) is 24.3 Å². The smallest absolute Gasteiger partial charge is 0.227 e. The Morgan fingerprint density at radius 1 is 1.19 bits per heavy atom. The molecule has 1 aromatic carbocycles. The lowest BCUT2D eigenvalue weighted by atomic mass is 10.1. The van der Waals surface area contributed by atoms with E-state index < -0.39 is 0 Å². The van der Waals surface area contributed by atoms with E-state index in [1.165, 1.54) is 5.56 Å². The highest BCUT2D eigenvalue weighted by Crippen LogP contribution is 2.24. The highest BCUT2D eigenvalue weighted by Gasteiger charge is 2.36. The summed E-state index contributed by atoms with van der Waals surface area (Å²) in [5.74, 6) is 0.140. The molecule has 0 saturated carbocycles. The Hall–Kier alpha value is -1.84. The number of likely N-dealkylation sites (tertiary alicyclic amines) is 2. The molecular formula is C17H22N2O2. The molecule has 3 rings (SSSR count). The summed E-state index contributed by atoms with van der Waals surface area (Å²) in [5, 5.41) is 0. The molecular weight excluding hydrogens is 264 g/mol. The van der Waals surface area contributed by atoms with Crippen LogP contribution in [-0.2, 0) is 16.1 Å². The lowest BCUT2D eigenvalue weighted by molar-refractivity contribution is -0.134. The van der Waals surface area contributed by atoms with Crippen LogP contribution >= 0.6 is 0 Å². The van der Waals surface area contributed by atoms with E-state index in [0.29, 0.717) is 19.5 Å². The third-order valence-corrected chi connectivity index (χ3v) is 4.48. The van der Waals surface area contributed by atoms with Crippen molar-refractivity contribution in [2.75, 3.05) is 19.6 Å². The van der Waals surface area contributed by atoms with Crippen molar-refractivity contribution in [2.24, 2.45) is 5.92 Å². The Morgan fingerprint density at radius 2 is 1.86 bits per heavy atom. The van der Waals surface area contributed by atoms with Crippen LogP contribution < -0.4 is 0 Å². The van der Waals surface area contributed by atoms with Gasteiger partial charge in [-0.05, 0) is 25.3 Å². The average molecular weight is 286 g/mol. The second-order valence-electron chi connectivity index (χ2n) is 6.19. The van der Waals surface area contributed by atoms with E-state index in [4.69, 9.17) is 0 Å². The van der Waals surface area contributed by atoms with Crippen molar-refractivity contribution in [3.05, 3.63) is 35.4 Å². The van der Waals surface area contributed by atoms with Crippen LogP contribution in [0.1, 0.15) is 30.4 Å². The predicted octanol–water partition coefficient (Wildman–Crippen LogP) is 1.97. The summed E-state index contributed by atoms with van der Waals surface area (Å²) in [6, 6.07) is 8.22. The zero-order chi connectivity index (χ0) is 14.8. The van der Waals surface area contributed by atoms with Gasteiger partial charge < -0.3 is 9.80 Å². The van der Waals surface area contributed by atoms with E-state index in [2.05, 4.69) is 31.2 Å². The average Bonchev–Trinajstić information content (AvgIpc) is 3.11. The molecule has 2 saturated heterocycles. The Bertz CT molecular complexity index is 532. The van der Waals surface area contributed by atoms with E-state index in [-0.39, 0.29) is 17.7 Å². The zero-order valence-corrected chi connectivity index (χ0v) is 12.5. The van der Waals surface area contributed by atoms with Gasteiger partial charge in [0.1, 0.15) is 0 Å². The van der Waals surface area contributed by atoms with Crippen LogP contribution in [0.5, 0.6) is 0 Å². The number of nitrogens with zero attached hydrogens (tertiary/aromatic N) is 2. The molecule has 2 amide bonds. The van der Waals surface area contributed by atoms with E-state index in [0.717, 1.165) is 31.5 Å². The number of hydrogen-bond donors (Lipinski definition) is 0. The van der Waals surface area contributed by atoms with E-state index in [1.807, 2.05) is 9.80 Å². The van der Waals surface area contributed by atoms with E-state index >= 15 is 0 Å². The van der Waals surface area contributed by atoms with Gasteiger partial charge in [0.25, 0.3) is 0 Å². The summed E-state index contributed by atoms with van der Waals surface area (Å²) in [4.78, 5) is 28.3. The third kappa shape index (κ3) is 3.09. The van der Waals surface area contributed by atoms with Gasteiger partial charge in [-0.15, -0.1) is 0 Å². The maximum Gasteiger partial charge on any atom is 0.227 e. The lowest BCUT2D eigenvalue weighted by Crippen LogP contribution is -2.35. The molecule has 0 spiro atoms. The van der Waals surface area contributed by atoms with E-state index in [9.17, 15) is 9.59 Å². The van der Waals surface area contributed by atoms with Crippen LogP contribution in [-0.4, -0.2) is 41.2 Å². The van der Waals surface area contributed by atoms with Crippen molar-refractivity contribution in [3.8, 4) is 0 Å². The molecule has 0 bridgehead atoms. The van der Waals surface area contributed by atoms with Gasteiger partial charge in [0.15, 0.2) is 0 Å². The summed E-state index contributed by atoms with van der Waals surface area (Å²) in [6.45, 7) is 4.96. The summed E-state index contributed by atoms with van der Waals surface area (Å²) in [6.07, 6.45) is 2.57. The molecule has 4 heteroatoms. The molecule has 0 aromatic heterocycles. The first-order valence-electron chi connectivity index (χ1n) is 7.75. The summed E-state index contributed by atoms with van der Waals surface area (Å²) in [5.41, 5.74) is 2.34. The lowest BCUT2D eigenvalue weighted by Gasteiger charge is -2.20. The predicted molar refractivity (Wildman–Crippen MR) is 80.5 cm³/mol. The zero-order valence-electron chi connectivity index (χ0n) is 12.5. The Labute approximate surface area is 125 Å². The third-order valence-electron chi connectivity index (χ3n) is 4.48. The van der Waals surface area contributed by atoms with Gasteiger partial charge >= 0.3 is 0 Å². The van der Waals surface area contributed by atoms with Crippen molar-refractivity contribution in [1.29, 1.82) is 0 Å². The van der Waals surface area contributed by atoms with Gasteiger partial charge in [0.05, 0.1) is 5.92 Å².